The number of rotatable bonds is 3. The van der Waals surface area contributed by atoms with Crippen LogP contribution >= 0.6 is 0 Å². The third kappa shape index (κ3) is 3.31. The van der Waals surface area contributed by atoms with Crippen molar-refractivity contribution in [3.05, 3.63) is 47.5 Å². The maximum Gasteiger partial charge on any atom is 0.254 e. The highest BCUT2D eigenvalue weighted by atomic mass is 19.1. The minimum Gasteiger partial charge on any atom is -0.367 e. The Morgan fingerprint density at radius 2 is 2.39 bits per heavy atom. The highest BCUT2D eigenvalue weighted by Gasteiger charge is 2.24. The average molecular weight is 313 g/mol. The van der Waals surface area contributed by atoms with Gasteiger partial charge < -0.3 is 10.2 Å². The molecule has 1 aliphatic heterocycles. The predicted octanol–water partition coefficient (Wildman–Crippen LogP) is 1.82. The number of hydrogen-bond donors (Lipinski definition) is 2. The van der Waals surface area contributed by atoms with Gasteiger partial charge in [0.2, 0.25) is 0 Å². The highest BCUT2D eigenvalue weighted by molar-refractivity contribution is 5.93. The van der Waals surface area contributed by atoms with Gasteiger partial charge in [-0.1, -0.05) is 0 Å². The maximum absolute atomic E-state index is 14.1. The molecule has 1 aromatic heterocycles. The lowest BCUT2D eigenvalue weighted by atomic mass is 10.0. The van der Waals surface area contributed by atoms with E-state index in [-0.39, 0.29) is 11.9 Å². The van der Waals surface area contributed by atoms with Gasteiger partial charge in [-0.3, -0.25) is 9.89 Å². The van der Waals surface area contributed by atoms with Gasteiger partial charge in [0, 0.05) is 25.3 Å². The molecule has 2 aromatic rings. The molecule has 3 rings (SSSR count). The zero-order valence-corrected chi connectivity index (χ0v) is 12.4. The van der Waals surface area contributed by atoms with Gasteiger partial charge in [0.05, 0.1) is 29.1 Å². The Morgan fingerprint density at radius 3 is 3.09 bits per heavy atom. The minimum absolute atomic E-state index is 0.0545. The second-order valence-corrected chi connectivity index (χ2v) is 5.52. The monoisotopic (exact) mass is 313 g/mol. The number of aromatic amines is 1. The number of carbonyl (C=O) groups excluding carboxylic acids is 1. The van der Waals surface area contributed by atoms with Crippen LogP contribution in [0.15, 0.2) is 30.6 Å². The number of amides is 1. The van der Waals surface area contributed by atoms with Crippen LogP contribution in [0.3, 0.4) is 0 Å². The van der Waals surface area contributed by atoms with Crippen molar-refractivity contribution in [3.63, 3.8) is 0 Å². The van der Waals surface area contributed by atoms with E-state index in [0.29, 0.717) is 23.4 Å². The van der Waals surface area contributed by atoms with Crippen LogP contribution in [-0.4, -0.2) is 35.2 Å². The number of aromatic nitrogens is 2. The molecule has 0 spiro atoms. The molecule has 1 unspecified atom stereocenters. The van der Waals surface area contributed by atoms with E-state index in [2.05, 4.69) is 15.5 Å². The van der Waals surface area contributed by atoms with Crippen LogP contribution in [0.2, 0.25) is 0 Å². The summed E-state index contributed by atoms with van der Waals surface area (Å²) in [6.07, 6.45) is 4.71. The van der Waals surface area contributed by atoms with Gasteiger partial charge in [-0.15, -0.1) is 0 Å². The van der Waals surface area contributed by atoms with Crippen LogP contribution in [-0.2, 0) is 0 Å². The molecule has 2 N–H and O–H groups in total. The molecule has 1 atom stereocenters. The minimum atomic E-state index is -0.411. The third-order valence-corrected chi connectivity index (χ3v) is 3.93. The molecule has 118 valence electrons. The molecular weight excluding hydrogens is 297 g/mol. The summed E-state index contributed by atoms with van der Waals surface area (Å²) in [4.78, 5) is 14.0. The Bertz CT molecular complexity index is 737. The van der Waals surface area contributed by atoms with Gasteiger partial charge >= 0.3 is 0 Å². The third-order valence-electron chi connectivity index (χ3n) is 3.93. The lowest BCUT2D eigenvalue weighted by Gasteiger charge is -2.34. The number of nitrogens with zero attached hydrogens (tertiary/aromatic N) is 3. The summed E-state index contributed by atoms with van der Waals surface area (Å²) in [5.74, 6) is -0.600. The zero-order chi connectivity index (χ0) is 16.2. The molecule has 1 fully saturated rings. The van der Waals surface area contributed by atoms with E-state index in [4.69, 9.17) is 5.26 Å². The van der Waals surface area contributed by atoms with Crippen LogP contribution in [0.5, 0.6) is 0 Å². The topological polar surface area (TPSA) is 84.8 Å². The number of nitrogens with one attached hydrogen (secondary N) is 2. The summed E-state index contributed by atoms with van der Waals surface area (Å²) in [7, 11) is 0. The number of anilines is 1. The Kier molecular flexibility index (Phi) is 4.24. The quantitative estimate of drug-likeness (QED) is 0.905. The summed E-state index contributed by atoms with van der Waals surface area (Å²) < 4.78 is 14.1. The lowest BCUT2D eigenvalue weighted by Crippen LogP contribution is -2.48. The van der Waals surface area contributed by atoms with Crippen molar-refractivity contribution in [1.82, 2.24) is 15.5 Å². The predicted molar refractivity (Wildman–Crippen MR) is 82.4 cm³/mol. The van der Waals surface area contributed by atoms with Crippen LogP contribution in [0.4, 0.5) is 10.1 Å². The van der Waals surface area contributed by atoms with Gasteiger partial charge in [0.1, 0.15) is 5.82 Å². The number of halogens is 1. The van der Waals surface area contributed by atoms with Crippen LogP contribution in [0, 0.1) is 17.1 Å². The number of benzene rings is 1. The van der Waals surface area contributed by atoms with Gasteiger partial charge in [-0.25, -0.2) is 4.39 Å². The summed E-state index contributed by atoms with van der Waals surface area (Å²) >= 11 is 0. The van der Waals surface area contributed by atoms with Gasteiger partial charge in [-0.2, -0.15) is 10.4 Å². The maximum atomic E-state index is 14.1. The van der Waals surface area contributed by atoms with Crippen molar-refractivity contribution < 1.29 is 9.18 Å². The van der Waals surface area contributed by atoms with Gasteiger partial charge in [-0.05, 0) is 31.0 Å². The first-order chi connectivity index (χ1) is 11.2. The molecule has 6 nitrogen and oxygen atoms in total. The van der Waals surface area contributed by atoms with Crippen LogP contribution < -0.4 is 10.2 Å². The van der Waals surface area contributed by atoms with E-state index < -0.39 is 5.82 Å². The molecule has 2 heterocycles. The first kappa shape index (κ1) is 15.0. The molecule has 0 radical (unpaired) electrons. The first-order valence-corrected chi connectivity index (χ1v) is 7.41. The summed E-state index contributed by atoms with van der Waals surface area (Å²) in [6, 6.07) is 6.33. The molecule has 1 amide bonds. The molecule has 0 saturated carbocycles. The molecule has 1 aromatic carbocycles. The van der Waals surface area contributed by atoms with E-state index >= 15 is 0 Å². The SMILES string of the molecule is N#Cc1ccc(N2CCCC(NC(=O)c3cn[nH]c3)C2)c(F)c1. The lowest BCUT2D eigenvalue weighted by molar-refractivity contribution is 0.0933. The van der Waals surface area contributed by atoms with Crippen molar-refractivity contribution >= 4 is 11.6 Å². The van der Waals surface area contributed by atoms with E-state index in [0.717, 1.165) is 19.4 Å². The molecule has 7 heteroatoms. The molecular formula is C16H16FN5O. The van der Waals surface area contributed by atoms with E-state index in [1.807, 2.05) is 11.0 Å². The molecule has 1 aliphatic rings. The van der Waals surface area contributed by atoms with Crippen molar-refractivity contribution in [2.75, 3.05) is 18.0 Å². The Hall–Kier alpha value is -2.88. The standard InChI is InChI=1S/C16H16FN5O/c17-14-6-11(7-18)3-4-15(14)22-5-1-2-13(10-22)21-16(23)12-8-19-20-9-12/h3-4,6,8-9,13H,1-2,5,10H2,(H,19,20)(H,21,23). The molecule has 0 bridgehead atoms. The van der Waals surface area contributed by atoms with Crippen molar-refractivity contribution in [3.8, 4) is 6.07 Å². The number of carbonyl (C=O) groups is 1. The Labute approximate surface area is 132 Å². The van der Waals surface area contributed by atoms with E-state index in [1.165, 1.54) is 18.5 Å². The van der Waals surface area contributed by atoms with Gasteiger partial charge in [0.25, 0.3) is 5.91 Å². The van der Waals surface area contributed by atoms with E-state index in [1.54, 1.807) is 12.1 Å². The zero-order valence-electron chi connectivity index (χ0n) is 12.4. The molecule has 1 saturated heterocycles. The fourth-order valence-corrected chi connectivity index (χ4v) is 2.79. The van der Waals surface area contributed by atoms with Crippen LogP contribution in [0.1, 0.15) is 28.8 Å². The molecule has 23 heavy (non-hydrogen) atoms. The average Bonchev–Trinajstić information content (AvgIpc) is 3.09. The van der Waals surface area contributed by atoms with Crippen molar-refractivity contribution in [2.45, 2.75) is 18.9 Å². The number of hydrogen-bond acceptors (Lipinski definition) is 4. The van der Waals surface area contributed by atoms with Crippen molar-refractivity contribution in [2.24, 2.45) is 0 Å². The first-order valence-electron chi connectivity index (χ1n) is 7.41. The number of piperidine rings is 1. The van der Waals surface area contributed by atoms with E-state index in [9.17, 15) is 9.18 Å². The number of H-pyrrole nitrogens is 1. The second kappa shape index (κ2) is 6.48. The highest BCUT2D eigenvalue weighted by Crippen LogP contribution is 2.24. The number of nitriles is 1. The summed E-state index contributed by atoms with van der Waals surface area (Å²) in [5, 5.41) is 18.1. The second-order valence-electron chi connectivity index (χ2n) is 5.52. The summed E-state index contributed by atoms with van der Waals surface area (Å²) in [5.41, 5.74) is 1.24. The Morgan fingerprint density at radius 1 is 1.52 bits per heavy atom. The summed E-state index contributed by atoms with van der Waals surface area (Å²) in [6.45, 7) is 1.26. The van der Waals surface area contributed by atoms with Crippen molar-refractivity contribution in [1.29, 1.82) is 5.26 Å². The fraction of sp³-hybridized carbons (Fsp3) is 0.312. The normalized spacial score (nSPS) is 17.6. The largest absolute Gasteiger partial charge is 0.367 e. The Balaban J connectivity index is 1.69. The fourth-order valence-electron chi connectivity index (χ4n) is 2.79. The van der Waals surface area contributed by atoms with Crippen LogP contribution in [0.25, 0.3) is 0 Å². The smallest absolute Gasteiger partial charge is 0.254 e. The van der Waals surface area contributed by atoms with Gasteiger partial charge in [0.15, 0.2) is 0 Å². The molecule has 0 aliphatic carbocycles.